The van der Waals surface area contributed by atoms with Gasteiger partial charge in [-0.25, -0.2) is 0 Å². The van der Waals surface area contributed by atoms with Gasteiger partial charge in [0.25, 0.3) is 0 Å². The number of aromatic nitrogens is 1. The Kier molecular flexibility index (Phi) is 3.03. The van der Waals surface area contributed by atoms with E-state index >= 15 is 0 Å². The molecule has 0 saturated carbocycles. The highest BCUT2D eigenvalue weighted by Gasteiger charge is 2.17. The van der Waals surface area contributed by atoms with E-state index in [1.54, 1.807) is 0 Å². The second kappa shape index (κ2) is 4.85. The minimum absolute atomic E-state index is 0.353. The minimum atomic E-state index is 0.353. The van der Waals surface area contributed by atoms with Gasteiger partial charge >= 0.3 is 0 Å². The number of anilines is 1. The third kappa shape index (κ3) is 2.18. The minimum Gasteiger partial charge on any atom is -0.367 e. The van der Waals surface area contributed by atoms with Crippen LogP contribution in [0.15, 0.2) is 53.1 Å². The highest BCUT2D eigenvalue weighted by molar-refractivity contribution is 5.86. The zero-order chi connectivity index (χ0) is 14.1. The summed E-state index contributed by atoms with van der Waals surface area (Å²) in [6.07, 6.45) is 0. The number of rotatable bonds is 2. The molecule has 3 heteroatoms. The Labute approximate surface area is 118 Å². The molecule has 0 aliphatic heterocycles. The first-order valence-electron chi connectivity index (χ1n) is 6.54. The second-order valence-electron chi connectivity index (χ2n) is 5.01. The molecule has 0 saturated heterocycles. The van der Waals surface area contributed by atoms with E-state index in [2.05, 4.69) is 43.3 Å². The first-order valence-corrected chi connectivity index (χ1v) is 6.54. The molecule has 2 N–H and O–H groups in total. The maximum Gasteiger partial charge on any atom is 0.230 e. The van der Waals surface area contributed by atoms with Gasteiger partial charge in [0.15, 0.2) is 0 Å². The third-order valence-electron chi connectivity index (χ3n) is 3.35. The molecule has 0 atom stereocenters. The van der Waals surface area contributed by atoms with E-state index in [9.17, 15) is 0 Å². The maximum absolute atomic E-state index is 5.96. The first-order chi connectivity index (χ1) is 9.65. The van der Waals surface area contributed by atoms with Crippen molar-refractivity contribution in [2.24, 2.45) is 0 Å². The van der Waals surface area contributed by atoms with Crippen LogP contribution in [0.1, 0.15) is 11.1 Å². The summed E-state index contributed by atoms with van der Waals surface area (Å²) in [7, 11) is 0. The molecule has 0 aliphatic carbocycles. The van der Waals surface area contributed by atoms with E-state index < -0.39 is 0 Å². The highest BCUT2D eigenvalue weighted by atomic mass is 16.5. The average molecular weight is 264 g/mol. The van der Waals surface area contributed by atoms with Crippen molar-refractivity contribution in [1.29, 1.82) is 0 Å². The highest BCUT2D eigenvalue weighted by Crippen LogP contribution is 2.36. The van der Waals surface area contributed by atoms with Gasteiger partial charge in [0.05, 0.1) is 5.56 Å². The summed E-state index contributed by atoms with van der Waals surface area (Å²) in [4.78, 5) is 0. The Morgan fingerprint density at radius 3 is 2.35 bits per heavy atom. The molecule has 0 spiro atoms. The van der Waals surface area contributed by atoms with Crippen LogP contribution >= 0.6 is 0 Å². The van der Waals surface area contributed by atoms with E-state index in [0.29, 0.717) is 5.88 Å². The Balaban J connectivity index is 2.17. The standard InChI is InChI=1S/C17H16N2O/c1-11-6-8-13(9-7-11)16-15(17(18)20-19-16)14-5-3-4-12(2)10-14/h3-10H,18H2,1-2H3. The van der Waals surface area contributed by atoms with Crippen molar-refractivity contribution < 1.29 is 4.52 Å². The molecular formula is C17H16N2O. The van der Waals surface area contributed by atoms with Crippen LogP contribution in [-0.4, -0.2) is 5.16 Å². The molecule has 0 unspecified atom stereocenters. The zero-order valence-electron chi connectivity index (χ0n) is 11.6. The summed E-state index contributed by atoms with van der Waals surface area (Å²) in [5, 5.41) is 4.12. The summed E-state index contributed by atoms with van der Waals surface area (Å²) in [6.45, 7) is 4.11. The van der Waals surface area contributed by atoms with Gasteiger partial charge in [0, 0.05) is 5.56 Å². The Morgan fingerprint density at radius 1 is 0.900 bits per heavy atom. The lowest BCUT2D eigenvalue weighted by molar-refractivity contribution is 0.439. The predicted octanol–water partition coefficient (Wildman–Crippen LogP) is 4.21. The molecule has 1 heterocycles. The number of nitrogens with zero attached hydrogens (tertiary/aromatic N) is 1. The van der Waals surface area contributed by atoms with Crippen molar-refractivity contribution >= 4 is 5.88 Å². The van der Waals surface area contributed by atoms with Crippen LogP contribution in [0.5, 0.6) is 0 Å². The molecular weight excluding hydrogens is 248 g/mol. The van der Waals surface area contributed by atoms with Gasteiger partial charge in [-0.3, -0.25) is 0 Å². The van der Waals surface area contributed by atoms with E-state index in [0.717, 1.165) is 22.4 Å². The first kappa shape index (κ1) is 12.5. The number of hydrogen-bond acceptors (Lipinski definition) is 3. The molecule has 0 amide bonds. The number of aryl methyl sites for hydroxylation is 2. The molecule has 3 rings (SSSR count). The molecule has 0 fully saturated rings. The predicted molar refractivity (Wildman–Crippen MR) is 81.3 cm³/mol. The SMILES string of the molecule is Cc1ccc(-c2noc(N)c2-c2cccc(C)c2)cc1. The van der Waals surface area contributed by atoms with Gasteiger partial charge < -0.3 is 10.3 Å². The number of benzene rings is 2. The molecule has 0 aliphatic rings. The van der Waals surface area contributed by atoms with Crippen molar-refractivity contribution in [3.05, 3.63) is 59.7 Å². The lowest BCUT2D eigenvalue weighted by Crippen LogP contribution is -1.88. The van der Waals surface area contributed by atoms with Crippen molar-refractivity contribution in [3.63, 3.8) is 0 Å². The fraction of sp³-hybridized carbons (Fsp3) is 0.118. The number of nitrogen functional groups attached to an aromatic ring is 1. The van der Waals surface area contributed by atoms with Crippen LogP contribution < -0.4 is 5.73 Å². The topological polar surface area (TPSA) is 52.0 Å². The van der Waals surface area contributed by atoms with Crippen LogP contribution in [0.4, 0.5) is 5.88 Å². The molecule has 0 bridgehead atoms. The summed E-state index contributed by atoms with van der Waals surface area (Å²) >= 11 is 0. The fourth-order valence-corrected chi connectivity index (χ4v) is 2.29. The van der Waals surface area contributed by atoms with E-state index in [1.165, 1.54) is 11.1 Å². The summed E-state index contributed by atoms with van der Waals surface area (Å²) in [6, 6.07) is 16.3. The van der Waals surface area contributed by atoms with Crippen molar-refractivity contribution in [2.75, 3.05) is 5.73 Å². The van der Waals surface area contributed by atoms with Crippen LogP contribution in [-0.2, 0) is 0 Å². The van der Waals surface area contributed by atoms with Gasteiger partial charge in [-0.05, 0) is 19.4 Å². The van der Waals surface area contributed by atoms with Crippen LogP contribution in [0.2, 0.25) is 0 Å². The van der Waals surface area contributed by atoms with Crippen LogP contribution in [0.25, 0.3) is 22.4 Å². The summed E-state index contributed by atoms with van der Waals surface area (Å²) in [5.41, 5.74) is 12.0. The Hall–Kier alpha value is -2.55. The number of hydrogen-bond donors (Lipinski definition) is 1. The lowest BCUT2D eigenvalue weighted by Gasteiger charge is -2.04. The van der Waals surface area contributed by atoms with E-state index in [4.69, 9.17) is 10.3 Å². The second-order valence-corrected chi connectivity index (χ2v) is 5.01. The molecule has 2 aromatic carbocycles. The lowest BCUT2D eigenvalue weighted by atomic mass is 9.99. The van der Waals surface area contributed by atoms with Crippen LogP contribution in [0, 0.1) is 13.8 Å². The smallest absolute Gasteiger partial charge is 0.230 e. The van der Waals surface area contributed by atoms with Gasteiger partial charge in [-0.2, -0.15) is 0 Å². The largest absolute Gasteiger partial charge is 0.367 e. The zero-order valence-corrected chi connectivity index (χ0v) is 11.6. The molecule has 1 aromatic heterocycles. The summed E-state index contributed by atoms with van der Waals surface area (Å²) in [5.74, 6) is 0.353. The average Bonchev–Trinajstić information content (AvgIpc) is 2.81. The van der Waals surface area contributed by atoms with Crippen molar-refractivity contribution in [3.8, 4) is 22.4 Å². The quantitative estimate of drug-likeness (QED) is 0.754. The third-order valence-corrected chi connectivity index (χ3v) is 3.35. The maximum atomic E-state index is 5.96. The Bertz CT molecular complexity index is 742. The van der Waals surface area contributed by atoms with Gasteiger partial charge in [-0.1, -0.05) is 64.8 Å². The van der Waals surface area contributed by atoms with Gasteiger partial charge in [-0.15, -0.1) is 0 Å². The van der Waals surface area contributed by atoms with Crippen molar-refractivity contribution in [2.45, 2.75) is 13.8 Å². The van der Waals surface area contributed by atoms with E-state index in [-0.39, 0.29) is 0 Å². The molecule has 0 radical (unpaired) electrons. The Morgan fingerprint density at radius 2 is 1.65 bits per heavy atom. The van der Waals surface area contributed by atoms with Crippen molar-refractivity contribution in [1.82, 2.24) is 5.16 Å². The fourth-order valence-electron chi connectivity index (χ4n) is 2.29. The number of nitrogens with two attached hydrogens (primary N) is 1. The van der Waals surface area contributed by atoms with E-state index in [1.807, 2.05) is 24.3 Å². The van der Waals surface area contributed by atoms with Gasteiger partial charge in [0.2, 0.25) is 5.88 Å². The monoisotopic (exact) mass is 264 g/mol. The van der Waals surface area contributed by atoms with Gasteiger partial charge in [0.1, 0.15) is 5.69 Å². The molecule has 100 valence electrons. The normalized spacial score (nSPS) is 10.7. The van der Waals surface area contributed by atoms with Crippen LogP contribution in [0.3, 0.4) is 0 Å². The molecule has 20 heavy (non-hydrogen) atoms. The molecule has 3 nitrogen and oxygen atoms in total. The summed E-state index contributed by atoms with van der Waals surface area (Å²) < 4.78 is 5.20. The molecule has 3 aromatic rings.